The van der Waals surface area contributed by atoms with E-state index in [2.05, 4.69) is 12.2 Å². The molecule has 0 aliphatic carbocycles. The number of carbonyl (C=O) groups excluding carboxylic acids is 2. The van der Waals surface area contributed by atoms with E-state index in [9.17, 15) is 9.59 Å². The molecule has 0 bridgehead atoms. The molecule has 1 rings (SSSR count). The third kappa shape index (κ3) is 5.43. The molecular weight excluding hydrogens is 254 g/mol. The molecule has 1 N–H and O–H groups in total. The molecule has 0 saturated carbocycles. The number of rotatable bonds is 8. The van der Waals surface area contributed by atoms with Crippen molar-refractivity contribution in [1.82, 2.24) is 5.32 Å². The zero-order valence-electron chi connectivity index (χ0n) is 12.3. The number of nitrogens with one attached hydrogen (secondary N) is 1. The Morgan fingerprint density at radius 1 is 1.10 bits per heavy atom. The van der Waals surface area contributed by atoms with Crippen LogP contribution in [0.1, 0.15) is 60.2 Å². The minimum absolute atomic E-state index is 0.151. The first kappa shape index (κ1) is 16.2. The van der Waals surface area contributed by atoms with Gasteiger partial charge in [0.1, 0.15) is 0 Å². The van der Waals surface area contributed by atoms with Crippen molar-refractivity contribution in [2.24, 2.45) is 0 Å². The smallest absolute Gasteiger partial charge is 0.338 e. The summed E-state index contributed by atoms with van der Waals surface area (Å²) in [6, 6.07) is 6.64. The van der Waals surface area contributed by atoms with Crippen molar-refractivity contribution in [2.45, 2.75) is 39.5 Å². The van der Waals surface area contributed by atoms with Crippen molar-refractivity contribution in [2.75, 3.05) is 13.2 Å². The van der Waals surface area contributed by atoms with Crippen molar-refractivity contribution in [3.63, 3.8) is 0 Å². The molecule has 0 unspecified atom stereocenters. The molecule has 0 aliphatic rings. The molecule has 0 fully saturated rings. The third-order valence-corrected chi connectivity index (χ3v) is 2.91. The van der Waals surface area contributed by atoms with Gasteiger partial charge in [-0.05, 0) is 31.0 Å². The average Bonchev–Trinajstić information content (AvgIpc) is 2.47. The van der Waals surface area contributed by atoms with Crippen LogP contribution in [-0.4, -0.2) is 25.0 Å². The summed E-state index contributed by atoms with van der Waals surface area (Å²) in [7, 11) is 0. The van der Waals surface area contributed by atoms with Crippen molar-refractivity contribution in [3.05, 3.63) is 35.4 Å². The van der Waals surface area contributed by atoms with Gasteiger partial charge >= 0.3 is 5.97 Å². The van der Waals surface area contributed by atoms with Crippen molar-refractivity contribution in [1.29, 1.82) is 0 Å². The molecular formula is C16H23NO3. The maximum atomic E-state index is 11.9. The number of benzene rings is 1. The predicted octanol–water partition coefficient (Wildman–Crippen LogP) is 3.17. The van der Waals surface area contributed by atoms with Gasteiger partial charge in [-0.2, -0.15) is 0 Å². The Labute approximate surface area is 120 Å². The molecule has 1 aromatic carbocycles. The monoisotopic (exact) mass is 277 g/mol. The van der Waals surface area contributed by atoms with Crippen molar-refractivity contribution < 1.29 is 14.3 Å². The number of esters is 1. The highest BCUT2D eigenvalue weighted by Gasteiger charge is 2.10. The lowest BCUT2D eigenvalue weighted by Crippen LogP contribution is -2.24. The number of hydrogen-bond acceptors (Lipinski definition) is 3. The van der Waals surface area contributed by atoms with E-state index in [-0.39, 0.29) is 11.9 Å². The van der Waals surface area contributed by atoms with Gasteiger partial charge < -0.3 is 10.1 Å². The molecule has 4 heteroatoms. The lowest BCUT2D eigenvalue weighted by atomic mass is 10.1. The van der Waals surface area contributed by atoms with Gasteiger partial charge in [-0.3, -0.25) is 4.79 Å². The Kier molecular flexibility index (Phi) is 7.40. The zero-order valence-corrected chi connectivity index (χ0v) is 12.3. The van der Waals surface area contributed by atoms with Gasteiger partial charge in [-0.15, -0.1) is 0 Å². The van der Waals surface area contributed by atoms with Gasteiger partial charge in [0.2, 0.25) is 0 Å². The molecule has 0 saturated heterocycles. The van der Waals surface area contributed by atoms with Crippen LogP contribution in [0.2, 0.25) is 0 Å². The first-order chi connectivity index (χ1) is 9.69. The largest absolute Gasteiger partial charge is 0.462 e. The molecule has 0 aromatic heterocycles. The number of amides is 1. The van der Waals surface area contributed by atoms with Crippen LogP contribution in [0.5, 0.6) is 0 Å². The SMILES string of the molecule is CCCCNC(=O)c1cccc(C(=O)OCCCC)c1. The van der Waals surface area contributed by atoms with Crippen LogP contribution in [0, 0.1) is 0 Å². The van der Waals surface area contributed by atoms with E-state index in [1.54, 1.807) is 24.3 Å². The fraction of sp³-hybridized carbons (Fsp3) is 0.500. The maximum absolute atomic E-state index is 11.9. The van der Waals surface area contributed by atoms with Gasteiger partial charge in [0.15, 0.2) is 0 Å². The van der Waals surface area contributed by atoms with Gasteiger partial charge in [-0.1, -0.05) is 32.8 Å². The highest BCUT2D eigenvalue weighted by molar-refractivity contribution is 5.97. The topological polar surface area (TPSA) is 55.4 Å². The molecule has 20 heavy (non-hydrogen) atoms. The highest BCUT2D eigenvalue weighted by Crippen LogP contribution is 2.07. The summed E-state index contributed by atoms with van der Waals surface area (Å²) in [5, 5.41) is 2.83. The van der Waals surface area contributed by atoms with Crippen LogP contribution >= 0.6 is 0 Å². The third-order valence-electron chi connectivity index (χ3n) is 2.91. The Morgan fingerprint density at radius 2 is 1.80 bits per heavy atom. The fourth-order valence-electron chi connectivity index (χ4n) is 1.66. The molecule has 0 atom stereocenters. The van der Waals surface area contributed by atoms with E-state index < -0.39 is 0 Å². The molecule has 1 amide bonds. The summed E-state index contributed by atoms with van der Waals surface area (Å²) in [6.07, 6.45) is 3.81. The second kappa shape index (κ2) is 9.13. The first-order valence-electron chi connectivity index (χ1n) is 7.24. The number of unbranched alkanes of at least 4 members (excludes halogenated alkanes) is 2. The molecule has 0 aliphatic heterocycles. The van der Waals surface area contributed by atoms with E-state index in [4.69, 9.17) is 4.74 Å². The van der Waals surface area contributed by atoms with Crippen LogP contribution in [0.4, 0.5) is 0 Å². The molecule has 0 radical (unpaired) electrons. The highest BCUT2D eigenvalue weighted by atomic mass is 16.5. The summed E-state index contributed by atoms with van der Waals surface area (Å²) in [6.45, 7) is 5.18. The minimum Gasteiger partial charge on any atom is -0.462 e. The van der Waals surface area contributed by atoms with Crippen LogP contribution in [-0.2, 0) is 4.74 Å². The van der Waals surface area contributed by atoms with Crippen molar-refractivity contribution in [3.8, 4) is 0 Å². The average molecular weight is 277 g/mol. The number of carbonyl (C=O) groups is 2. The second-order valence-corrected chi connectivity index (χ2v) is 4.68. The van der Waals surface area contributed by atoms with E-state index in [1.165, 1.54) is 0 Å². The predicted molar refractivity (Wildman–Crippen MR) is 78.9 cm³/mol. The van der Waals surface area contributed by atoms with Crippen molar-refractivity contribution >= 4 is 11.9 Å². The second-order valence-electron chi connectivity index (χ2n) is 4.68. The maximum Gasteiger partial charge on any atom is 0.338 e. The lowest BCUT2D eigenvalue weighted by molar-refractivity contribution is 0.0499. The lowest BCUT2D eigenvalue weighted by Gasteiger charge is -2.07. The normalized spacial score (nSPS) is 10.1. The van der Waals surface area contributed by atoms with E-state index >= 15 is 0 Å². The Bertz CT molecular complexity index is 406. The quantitative estimate of drug-likeness (QED) is 0.586. The van der Waals surface area contributed by atoms with Gasteiger partial charge in [0.25, 0.3) is 5.91 Å². The van der Waals surface area contributed by atoms with Crippen LogP contribution in [0.25, 0.3) is 0 Å². The fourth-order valence-corrected chi connectivity index (χ4v) is 1.66. The van der Waals surface area contributed by atoms with E-state index in [1.807, 2.05) is 6.92 Å². The number of hydrogen-bond donors (Lipinski definition) is 1. The molecule has 0 heterocycles. The summed E-state index contributed by atoms with van der Waals surface area (Å²) >= 11 is 0. The first-order valence-corrected chi connectivity index (χ1v) is 7.24. The van der Waals surface area contributed by atoms with E-state index in [0.717, 1.165) is 25.7 Å². The molecule has 4 nitrogen and oxygen atoms in total. The zero-order chi connectivity index (χ0) is 14.8. The van der Waals surface area contributed by atoms with Gasteiger partial charge in [-0.25, -0.2) is 4.79 Å². The Hall–Kier alpha value is -1.84. The summed E-state index contributed by atoms with van der Waals surface area (Å²) in [5.74, 6) is -0.525. The van der Waals surface area contributed by atoms with E-state index in [0.29, 0.717) is 24.3 Å². The molecule has 1 aromatic rings. The molecule has 0 spiro atoms. The Morgan fingerprint density at radius 3 is 2.50 bits per heavy atom. The summed E-state index contributed by atoms with van der Waals surface area (Å²) in [4.78, 5) is 23.7. The van der Waals surface area contributed by atoms with Gasteiger partial charge in [0.05, 0.1) is 12.2 Å². The number of ether oxygens (including phenoxy) is 1. The van der Waals surface area contributed by atoms with Crippen LogP contribution in [0.15, 0.2) is 24.3 Å². The van der Waals surface area contributed by atoms with Crippen LogP contribution < -0.4 is 5.32 Å². The molecule has 110 valence electrons. The minimum atomic E-state index is -0.373. The Balaban J connectivity index is 2.60. The summed E-state index contributed by atoms with van der Waals surface area (Å²) < 4.78 is 5.13. The van der Waals surface area contributed by atoms with Gasteiger partial charge in [0, 0.05) is 12.1 Å². The van der Waals surface area contributed by atoms with Crippen LogP contribution in [0.3, 0.4) is 0 Å². The summed E-state index contributed by atoms with van der Waals surface area (Å²) in [5.41, 5.74) is 0.912. The standard InChI is InChI=1S/C16H23NO3/c1-3-5-10-17-15(18)13-8-7-9-14(12-13)16(19)20-11-6-4-2/h7-9,12H,3-6,10-11H2,1-2H3,(H,17,18).